The molecule has 0 bridgehead atoms. The molecule has 15 heavy (non-hydrogen) atoms. The zero-order chi connectivity index (χ0) is 10.7. The van der Waals surface area contributed by atoms with Crippen LogP contribution in [0, 0.1) is 5.92 Å². The molecule has 0 heterocycles. The molecule has 2 nitrogen and oxygen atoms in total. The molecule has 0 saturated heterocycles. The van der Waals surface area contributed by atoms with Crippen molar-refractivity contribution in [3.63, 3.8) is 0 Å². The second kappa shape index (κ2) is 4.60. The minimum Gasteiger partial charge on any atom is -0.271 e. The van der Waals surface area contributed by atoms with Crippen molar-refractivity contribution < 1.29 is 0 Å². The Labute approximate surface area is 91.2 Å². The molecule has 0 radical (unpaired) electrons. The lowest BCUT2D eigenvalue weighted by atomic mass is 10.0. The average molecular weight is 202 g/mol. The molecule has 3 unspecified atom stereocenters. The van der Waals surface area contributed by atoms with Crippen molar-refractivity contribution in [3.05, 3.63) is 48.6 Å². The van der Waals surface area contributed by atoms with Gasteiger partial charge in [0.1, 0.15) is 0 Å². The highest BCUT2D eigenvalue weighted by atomic mass is 15.2. The lowest BCUT2D eigenvalue weighted by Gasteiger charge is -2.13. The van der Waals surface area contributed by atoms with Crippen LogP contribution in [0.4, 0.5) is 0 Å². The van der Waals surface area contributed by atoms with Crippen molar-refractivity contribution in [2.24, 2.45) is 11.8 Å². The van der Waals surface area contributed by atoms with Gasteiger partial charge in [0.25, 0.3) is 0 Å². The van der Waals surface area contributed by atoms with Crippen molar-refractivity contribution in [2.45, 2.75) is 24.8 Å². The summed E-state index contributed by atoms with van der Waals surface area (Å²) >= 11 is 0. The smallest absolute Gasteiger partial charge is 0.0279 e. The fourth-order valence-electron chi connectivity index (χ4n) is 2.29. The van der Waals surface area contributed by atoms with Gasteiger partial charge in [-0.1, -0.05) is 36.4 Å². The number of nitrogens with two attached hydrogens (primary N) is 1. The van der Waals surface area contributed by atoms with Crippen LogP contribution in [0.3, 0.4) is 0 Å². The van der Waals surface area contributed by atoms with E-state index in [0.717, 1.165) is 6.42 Å². The van der Waals surface area contributed by atoms with E-state index < -0.39 is 0 Å². The van der Waals surface area contributed by atoms with Crippen LogP contribution in [0.1, 0.15) is 24.3 Å². The molecule has 1 aromatic carbocycles. The van der Waals surface area contributed by atoms with Crippen molar-refractivity contribution in [1.29, 1.82) is 0 Å². The van der Waals surface area contributed by atoms with Gasteiger partial charge in [-0.25, -0.2) is 0 Å². The maximum atomic E-state index is 5.54. The molecule has 0 aromatic heterocycles. The fraction of sp³-hybridized carbons (Fsp3) is 0.385. The third-order valence-electron chi connectivity index (χ3n) is 3.22. The molecule has 1 fully saturated rings. The molecule has 1 saturated carbocycles. The molecule has 1 aliphatic rings. The van der Waals surface area contributed by atoms with Gasteiger partial charge in [-0.2, -0.15) is 0 Å². The van der Waals surface area contributed by atoms with E-state index in [2.05, 4.69) is 42.3 Å². The lowest BCUT2D eigenvalue weighted by molar-refractivity contribution is 0.471. The van der Waals surface area contributed by atoms with Crippen molar-refractivity contribution in [1.82, 2.24) is 5.43 Å². The molecule has 1 aromatic rings. The Kier molecular flexibility index (Phi) is 3.19. The number of rotatable bonds is 5. The summed E-state index contributed by atoms with van der Waals surface area (Å²) in [5.41, 5.74) is 4.33. The van der Waals surface area contributed by atoms with Gasteiger partial charge in [0, 0.05) is 6.04 Å². The Bertz CT molecular complexity index is 321. The monoisotopic (exact) mass is 202 g/mol. The van der Waals surface area contributed by atoms with E-state index in [1.54, 1.807) is 0 Å². The van der Waals surface area contributed by atoms with Gasteiger partial charge in [0.05, 0.1) is 0 Å². The van der Waals surface area contributed by atoms with Gasteiger partial charge in [0.15, 0.2) is 0 Å². The van der Waals surface area contributed by atoms with Crippen LogP contribution in [0.25, 0.3) is 0 Å². The highest BCUT2D eigenvalue weighted by Crippen LogP contribution is 2.49. The first-order valence-corrected chi connectivity index (χ1v) is 5.48. The van der Waals surface area contributed by atoms with E-state index in [9.17, 15) is 0 Å². The number of hydrazine groups is 1. The summed E-state index contributed by atoms with van der Waals surface area (Å²) < 4.78 is 0. The van der Waals surface area contributed by atoms with Gasteiger partial charge >= 0.3 is 0 Å². The third kappa shape index (κ3) is 2.28. The van der Waals surface area contributed by atoms with Gasteiger partial charge < -0.3 is 0 Å². The maximum Gasteiger partial charge on any atom is 0.0279 e. The predicted octanol–water partition coefficient (Wildman–Crippen LogP) is 2.20. The van der Waals surface area contributed by atoms with E-state index in [1.807, 2.05) is 6.08 Å². The van der Waals surface area contributed by atoms with Crippen LogP contribution in [0.15, 0.2) is 43.0 Å². The highest BCUT2D eigenvalue weighted by Gasteiger charge is 2.42. The van der Waals surface area contributed by atoms with Crippen LogP contribution in [-0.2, 0) is 0 Å². The Morgan fingerprint density at radius 2 is 2.20 bits per heavy atom. The van der Waals surface area contributed by atoms with E-state index in [1.165, 1.54) is 12.0 Å². The standard InChI is InChI=1S/C13H18N2/c1-2-6-13(15-14)12-9-11(12)10-7-4-3-5-8-10/h2-5,7-8,11-13,15H,1,6,9,14H2. The van der Waals surface area contributed by atoms with Crippen LogP contribution in [0.5, 0.6) is 0 Å². The summed E-state index contributed by atoms with van der Waals surface area (Å²) in [6.45, 7) is 3.76. The Hall–Kier alpha value is -1.12. The minimum atomic E-state index is 0.382. The number of hydrogen-bond donors (Lipinski definition) is 2. The Balaban J connectivity index is 1.98. The highest BCUT2D eigenvalue weighted by molar-refractivity contribution is 5.26. The summed E-state index contributed by atoms with van der Waals surface area (Å²) in [5.74, 6) is 6.91. The van der Waals surface area contributed by atoms with Gasteiger partial charge in [-0.3, -0.25) is 11.3 Å². The van der Waals surface area contributed by atoms with E-state index in [0.29, 0.717) is 17.9 Å². The van der Waals surface area contributed by atoms with E-state index in [-0.39, 0.29) is 0 Å². The summed E-state index contributed by atoms with van der Waals surface area (Å²) in [5, 5.41) is 0. The van der Waals surface area contributed by atoms with Crippen molar-refractivity contribution in [3.8, 4) is 0 Å². The second-order valence-electron chi connectivity index (χ2n) is 4.21. The third-order valence-corrected chi connectivity index (χ3v) is 3.22. The van der Waals surface area contributed by atoms with Crippen LogP contribution < -0.4 is 11.3 Å². The van der Waals surface area contributed by atoms with Gasteiger partial charge in [0.2, 0.25) is 0 Å². The van der Waals surface area contributed by atoms with Crippen LogP contribution >= 0.6 is 0 Å². The first kappa shape index (κ1) is 10.4. The van der Waals surface area contributed by atoms with E-state index in [4.69, 9.17) is 5.84 Å². The van der Waals surface area contributed by atoms with Crippen molar-refractivity contribution >= 4 is 0 Å². The topological polar surface area (TPSA) is 38.0 Å². The van der Waals surface area contributed by atoms with Crippen molar-refractivity contribution in [2.75, 3.05) is 0 Å². The lowest BCUT2D eigenvalue weighted by Crippen LogP contribution is -2.36. The summed E-state index contributed by atoms with van der Waals surface area (Å²) in [6, 6.07) is 11.0. The minimum absolute atomic E-state index is 0.382. The SMILES string of the molecule is C=CCC(NN)C1CC1c1ccccc1. The molecule has 0 aliphatic heterocycles. The maximum absolute atomic E-state index is 5.54. The number of hydrogen-bond acceptors (Lipinski definition) is 2. The average Bonchev–Trinajstić information content (AvgIpc) is 3.07. The summed E-state index contributed by atoms with van der Waals surface area (Å²) in [7, 11) is 0. The Morgan fingerprint density at radius 1 is 1.47 bits per heavy atom. The van der Waals surface area contributed by atoms with E-state index >= 15 is 0 Å². The molecule has 2 heteroatoms. The summed E-state index contributed by atoms with van der Waals surface area (Å²) in [6.07, 6.45) is 4.13. The van der Waals surface area contributed by atoms with Gasteiger partial charge in [-0.15, -0.1) is 6.58 Å². The normalized spacial score (nSPS) is 25.9. The largest absolute Gasteiger partial charge is 0.271 e. The zero-order valence-corrected chi connectivity index (χ0v) is 8.89. The quantitative estimate of drug-likeness (QED) is 0.436. The van der Waals surface area contributed by atoms with Crippen LogP contribution in [0.2, 0.25) is 0 Å². The molecule has 0 spiro atoms. The molecule has 2 rings (SSSR count). The summed E-state index contributed by atoms with van der Waals surface area (Å²) in [4.78, 5) is 0. The molecule has 1 aliphatic carbocycles. The van der Waals surface area contributed by atoms with Crippen LogP contribution in [-0.4, -0.2) is 6.04 Å². The molecule has 0 amide bonds. The predicted molar refractivity (Wildman–Crippen MR) is 63.2 cm³/mol. The Morgan fingerprint density at radius 3 is 2.80 bits per heavy atom. The molecule has 3 atom stereocenters. The molecule has 80 valence electrons. The number of nitrogens with one attached hydrogen (secondary N) is 1. The molecular weight excluding hydrogens is 184 g/mol. The zero-order valence-electron chi connectivity index (χ0n) is 8.89. The second-order valence-corrected chi connectivity index (χ2v) is 4.21. The first-order chi connectivity index (χ1) is 7.36. The fourth-order valence-corrected chi connectivity index (χ4v) is 2.29. The molecule has 3 N–H and O–H groups in total. The molecular formula is C13H18N2. The van der Waals surface area contributed by atoms with Gasteiger partial charge in [-0.05, 0) is 30.2 Å². The number of benzene rings is 1. The first-order valence-electron chi connectivity index (χ1n) is 5.48.